The van der Waals surface area contributed by atoms with Crippen molar-refractivity contribution in [1.29, 1.82) is 5.26 Å². The number of anilines is 1. The Balaban J connectivity index is 2.17. The van der Waals surface area contributed by atoms with Crippen LogP contribution in [0.15, 0.2) is 36.4 Å². The van der Waals surface area contributed by atoms with Gasteiger partial charge in [0.2, 0.25) is 0 Å². The van der Waals surface area contributed by atoms with Crippen LogP contribution in [0.25, 0.3) is 0 Å². The summed E-state index contributed by atoms with van der Waals surface area (Å²) in [7, 11) is 1.53. The fourth-order valence-electron chi connectivity index (χ4n) is 2.26. The van der Waals surface area contributed by atoms with E-state index >= 15 is 0 Å². The van der Waals surface area contributed by atoms with E-state index in [1.54, 1.807) is 18.2 Å². The van der Waals surface area contributed by atoms with Crippen LogP contribution in [0.5, 0.6) is 11.5 Å². The zero-order valence-corrected chi connectivity index (χ0v) is 13.8. The highest BCUT2D eigenvalue weighted by Crippen LogP contribution is 2.32. The van der Waals surface area contributed by atoms with E-state index in [4.69, 9.17) is 14.7 Å². The molecular weight excluding hydrogens is 333 g/mol. The number of methoxy groups -OCH3 is 1. The minimum atomic E-state index is -4.48. The van der Waals surface area contributed by atoms with Gasteiger partial charge in [0.15, 0.2) is 11.5 Å². The molecule has 0 amide bonds. The molecule has 4 nitrogen and oxygen atoms in total. The van der Waals surface area contributed by atoms with Crippen LogP contribution < -0.4 is 14.8 Å². The lowest BCUT2D eigenvalue weighted by Crippen LogP contribution is -2.07. The molecular formula is C18H17F3N2O2. The predicted molar refractivity (Wildman–Crippen MR) is 87.6 cm³/mol. The van der Waals surface area contributed by atoms with E-state index < -0.39 is 11.7 Å². The molecule has 7 heteroatoms. The molecule has 0 radical (unpaired) electrons. The zero-order valence-electron chi connectivity index (χ0n) is 13.8. The zero-order chi connectivity index (χ0) is 18.4. The lowest BCUT2D eigenvalue weighted by atomic mass is 10.1. The number of rotatable bonds is 6. The van der Waals surface area contributed by atoms with Crippen LogP contribution in [0, 0.1) is 11.3 Å². The average Bonchev–Trinajstić information content (AvgIpc) is 2.60. The molecule has 0 bridgehead atoms. The molecule has 1 N–H and O–H groups in total. The molecule has 0 saturated heterocycles. The van der Waals surface area contributed by atoms with E-state index in [1.165, 1.54) is 13.2 Å². The number of benzene rings is 2. The number of nitriles is 1. The molecule has 25 heavy (non-hydrogen) atoms. The summed E-state index contributed by atoms with van der Waals surface area (Å²) < 4.78 is 48.8. The summed E-state index contributed by atoms with van der Waals surface area (Å²) in [6, 6.07) is 10.2. The lowest BCUT2D eigenvalue weighted by molar-refractivity contribution is -0.137. The van der Waals surface area contributed by atoms with Crippen molar-refractivity contribution in [2.75, 3.05) is 19.0 Å². The van der Waals surface area contributed by atoms with Gasteiger partial charge in [-0.3, -0.25) is 0 Å². The van der Waals surface area contributed by atoms with E-state index in [0.29, 0.717) is 30.3 Å². The average molecular weight is 350 g/mol. The topological polar surface area (TPSA) is 54.3 Å². The Hall–Kier alpha value is -2.88. The van der Waals surface area contributed by atoms with E-state index in [-0.39, 0.29) is 5.56 Å². The summed E-state index contributed by atoms with van der Waals surface area (Å²) in [5.41, 5.74) is 0.262. The highest BCUT2D eigenvalue weighted by Gasteiger charge is 2.31. The van der Waals surface area contributed by atoms with E-state index in [1.807, 2.05) is 13.0 Å². The number of hydrogen-bond acceptors (Lipinski definition) is 4. The van der Waals surface area contributed by atoms with E-state index in [0.717, 1.165) is 17.7 Å². The third kappa shape index (κ3) is 4.57. The molecule has 0 aromatic heterocycles. The van der Waals surface area contributed by atoms with Crippen LogP contribution >= 0.6 is 0 Å². The molecule has 0 spiro atoms. The Bertz CT molecular complexity index is 783. The van der Waals surface area contributed by atoms with Crippen molar-refractivity contribution in [3.63, 3.8) is 0 Å². The second-order valence-corrected chi connectivity index (χ2v) is 5.14. The van der Waals surface area contributed by atoms with Crippen molar-refractivity contribution in [3.8, 4) is 17.6 Å². The van der Waals surface area contributed by atoms with Crippen LogP contribution in [-0.2, 0) is 12.7 Å². The van der Waals surface area contributed by atoms with E-state index in [2.05, 4.69) is 5.32 Å². The highest BCUT2D eigenvalue weighted by atomic mass is 19.4. The minimum absolute atomic E-state index is 0.0623. The quantitative estimate of drug-likeness (QED) is 0.827. The number of hydrogen-bond donors (Lipinski definition) is 1. The Morgan fingerprint density at radius 3 is 2.48 bits per heavy atom. The molecule has 0 heterocycles. The number of halogens is 3. The summed E-state index contributed by atoms with van der Waals surface area (Å²) in [5.74, 6) is 1.18. The van der Waals surface area contributed by atoms with Gasteiger partial charge in [-0.15, -0.1) is 0 Å². The van der Waals surface area contributed by atoms with Gasteiger partial charge in [-0.25, -0.2) is 0 Å². The summed E-state index contributed by atoms with van der Waals surface area (Å²) in [4.78, 5) is 0. The van der Waals surface area contributed by atoms with Crippen molar-refractivity contribution in [2.24, 2.45) is 0 Å². The first-order valence-electron chi connectivity index (χ1n) is 7.54. The van der Waals surface area contributed by atoms with Gasteiger partial charge in [-0.2, -0.15) is 18.4 Å². The summed E-state index contributed by atoms with van der Waals surface area (Å²) in [5, 5.41) is 12.1. The van der Waals surface area contributed by atoms with Crippen LogP contribution in [0.1, 0.15) is 23.6 Å². The predicted octanol–water partition coefficient (Wildman–Crippen LogP) is 4.60. The number of nitrogens with zero attached hydrogens (tertiary/aromatic N) is 1. The Labute approximate surface area is 143 Å². The Morgan fingerprint density at radius 1 is 1.12 bits per heavy atom. The molecule has 0 aliphatic carbocycles. The number of alkyl halides is 3. The normalized spacial score (nSPS) is 10.9. The van der Waals surface area contributed by atoms with Crippen LogP contribution in [0.4, 0.5) is 18.9 Å². The number of nitrogens with one attached hydrogen (secondary N) is 1. The monoisotopic (exact) mass is 350 g/mol. The van der Waals surface area contributed by atoms with Gasteiger partial charge in [0, 0.05) is 6.54 Å². The van der Waals surface area contributed by atoms with Gasteiger partial charge >= 0.3 is 6.18 Å². The SMILES string of the molecule is CCOc1ccc(CNc2ccc(C(F)(F)F)cc2C#N)cc1OC. The maximum atomic E-state index is 12.7. The minimum Gasteiger partial charge on any atom is -0.493 e. The molecule has 2 rings (SSSR count). The maximum Gasteiger partial charge on any atom is 0.416 e. The first kappa shape index (κ1) is 18.5. The van der Waals surface area contributed by atoms with Gasteiger partial charge in [0.25, 0.3) is 0 Å². The molecule has 0 saturated carbocycles. The molecule has 2 aromatic carbocycles. The maximum absolute atomic E-state index is 12.7. The molecule has 2 aromatic rings. The van der Waals surface area contributed by atoms with Crippen LogP contribution in [-0.4, -0.2) is 13.7 Å². The second kappa shape index (κ2) is 7.79. The largest absolute Gasteiger partial charge is 0.493 e. The lowest BCUT2D eigenvalue weighted by Gasteiger charge is -2.13. The first-order valence-corrected chi connectivity index (χ1v) is 7.54. The Kier molecular flexibility index (Phi) is 5.75. The van der Waals surface area contributed by atoms with Crippen molar-refractivity contribution in [2.45, 2.75) is 19.6 Å². The van der Waals surface area contributed by atoms with Gasteiger partial charge in [0.1, 0.15) is 6.07 Å². The molecule has 0 aliphatic rings. The van der Waals surface area contributed by atoms with Crippen molar-refractivity contribution >= 4 is 5.69 Å². The van der Waals surface area contributed by atoms with E-state index in [9.17, 15) is 13.2 Å². The summed E-state index contributed by atoms with van der Waals surface area (Å²) in [6.07, 6.45) is -4.48. The summed E-state index contributed by atoms with van der Waals surface area (Å²) >= 11 is 0. The molecule has 0 aliphatic heterocycles. The third-order valence-electron chi connectivity index (χ3n) is 3.48. The van der Waals surface area contributed by atoms with Crippen molar-refractivity contribution in [3.05, 3.63) is 53.1 Å². The fraction of sp³-hybridized carbons (Fsp3) is 0.278. The van der Waals surface area contributed by atoms with Gasteiger partial charge in [-0.05, 0) is 42.8 Å². The fourth-order valence-corrected chi connectivity index (χ4v) is 2.26. The first-order chi connectivity index (χ1) is 11.9. The highest BCUT2D eigenvalue weighted by molar-refractivity contribution is 5.59. The smallest absolute Gasteiger partial charge is 0.416 e. The van der Waals surface area contributed by atoms with Gasteiger partial charge < -0.3 is 14.8 Å². The second-order valence-electron chi connectivity index (χ2n) is 5.14. The van der Waals surface area contributed by atoms with Gasteiger partial charge in [0.05, 0.1) is 30.5 Å². The number of ether oxygens (including phenoxy) is 2. The molecule has 0 unspecified atom stereocenters. The van der Waals surface area contributed by atoms with Crippen LogP contribution in [0.2, 0.25) is 0 Å². The van der Waals surface area contributed by atoms with Crippen molar-refractivity contribution in [1.82, 2.24) is 0 Å². The standard InChI is InChI=1S/C18H17F3N2O2/c1-3-25-16-7-4-12(8-17(16)24-2)11-23-15-6-5-14(18(19,20)21)9-13(15)10-22/h4-9,23H,3,11H2,1-2H3. The Morgan fingerprint density at radius 2 is 1.88 bits per heavy atom. The van der Waals surface area contributed by atoms with Crippen LogP contribution in [0.3, 0.4) is 0 Å². The van der Waals surface area contributed by atoms with Crippen molar-refractivity contribution < 1.29 is 22.6 Å². The third-order valence-corrected chi connectivity index (χ3v) is 3.48. The molecule has 0 atom stereocenters. The summed E-state index contributed by atoms with van der Waals surface area (Å²) in [6.45, 7) is 2.69. The molecule has 132 valence electrons. The molecule has 0 fully saturated rings. The van der Waals surface area contributed by atoms with Gasteiger partial charge in [-0.1, -0.05) is 6.07 Å².